The summed E-state index contributed by atoms with van der Waals surface area (Å²) < 4.78 is 2.24. The van der Waals surface area contributed by atoms with Crippen LogP contribution in [0.1, 0.15) is 69.7 Å². The van der Waals surface area contributed by atoms with Gasteiger partial charge in [0.25, 0.3) is 0 Å². The summed E-state index contributed by atoms with van der Waals surface area (Å²) in [4.78, 5) is 70.7. The number of rotatable bonds is 3. The predicted octanol–water partition coefficient (Wildman–Crippen LogP) is 17.2. The zero-order valence-corrected chi connectivity index (χ0v) is 64.8. The van der Waals surface area contributed by atoms with Crippen molar-refractivity contribution in [3.05, 3.63) is 254 Å². The summed E-state index contributed by atoms with van der Waals surface area (Å²) >= 11 is 5.30. The number of H-pyrrole nitrogens is 5. The molecule has 0 spiro atoms. The molecule has 1 unspecified atom stereocenters. The maximum Gasteiger partial charge on any atom is -0.870 e. The Bertz CT molecular complexity index is 5830. The van der Waals surface area contributed by atoms with Gasteiger partial charge in [0, 0.05) is 187 Å². The molecule has 6 N–H and O–H groups in total. The average molecular weight is 1720 g/mol. The Morgan fingerprint density at radius 1 is 0.481 bits per heavy atom. The van der Waals surface area contributed by atoms with Gasteiger partial charge in [0.15, 0.2) is 5.69 Å². The fourth-order valence-electron chi connectivity index (χ4n) is 13.1. The number of fused-ring (bicyclic) bond motifs is 8. The number of hydrogen-bond acceptors (Lipinski definition) is 10. The minimum absolute atomic E-state index is 0. The first-order valence-corrected chi connectivity index (χ1v) is 45.4. The molecule has 532 valence electrons. The number of amides is 2. The van der Waals surface area contributed by atoms with Gasteiger partial charge in [-0.1, -0.05) is 99.8 Å². The Hall–Kier alpha value is -10.2. The van der Waals surface area contributed by atoms with Crippen molar-refractivity contribution in [1.82, 2.24) is 54.8 Å². The minimum Gasteiger partial charge on any atom is -0.870 e. The fourth-order valence-corrected chi connectivity index (χ4v) is 13.1. The SMILES string of the molecule is C.C.CC(=O)N(C)c1ccccc1-c1ccnc2[nH]ccc12.CC(=O)N(C)c1ccccc1C.CC1c2c[nH]c3nccc(c23)-c2ccccc2N1C.Cc1c2cnc3[nH]ccc(c4ccccc4[n+]1C)c32.Cc1ccnc2[nH]ccc12.Cc1nc2ccccc2c2cc[nH]c3ncc1c32.I[I-]I.[OH-]. The predicted molar refractivity (Wildman–Crippen MR) is 444 cm³/mol. The Morgan fingerprint density at radius 2 is 0.962 bits per heavy atom. The number of aryl methyl sites for hydroxylation is 5. The van der Waals surface area contributed by atoms with Crippen LogP contribution in [-0.4, -0.2) is 93.3 Å². The number of benzene rings is 5. The van der Waals surface area contributed by atoms with Gasteiger partial charge in [0.05, 0.1) is 28.0 Å². The summed E-state index contributed by atoms with van der Waals surface area (Å²) in [6.45, 7) is 13.6. The van der Waals surface area contributed by atoms with Crippen LogP contribution in [0.25, 0.3) is 121 Å². The number of nitrogens with one attached hydrogen (secondary N) is 5. The van der Waals surface area contributed by atoms with Crippen molar-refractivity contribution in [2.75, 3.05) is 35.8 Å². The number of carbonyl (C=O) groups is 2. The molecule has 21 heteroatoms. The van der Waals surface area contributed by atoms with Crippen LogP contribution < -0.4 is 32.5 Å². The molecule has 18 rings (SSSR count). The third-order valence-electron chi connectivity index (χ3n) is 18.8. The molecule has 0 radical (unpaired) electrons. The van der Waals surface area contributed by atoms with Gasteiger partial charge in [-0.3, -0.25) is 14.6 Å². The number of hydrogen-bond donors (Lipinski definition) is 5. The second-order valence-electron chi connectivity index (χ2n) is 24.6. The van der Waals surface area contributed by atoms with Crippen LogP contribution in [0, 0.1) is 27.7 Å². The zero-order chi connectivity index (χ0) is 71.0. The van der Waals surface area contributed by atoms with E-state index in [1.165, 1.54) is 87.6 Å². The van der Waals surface area contributed by atoms with Gasteiger partial charge in [0.2, 0.25) is 17.3 Å². The first kappa shape index (κ1) is 77.9. The van der Waals surface area contributed by atoms with Gasteiger partial charge in [-0.05, 0) is 128 Å². The van der Waals surface area contributed by atoms with Crippen molar-refractivity contribution in [1.29, 1.82) is 0 Å². The molecule has 0 bridgehead atoms. The molecule has 1 aliphatic rings. The van der Waals surface area contributed by atoms with Crippen LogP contribution in [0.2, 0.25) is 0 Å². The summed E-state index contributed by atoms with van der Waals surface area (Å²) in [6.07, 6.45) is 19.1. The van der Waals surface area contributed by atoms with E-state index in [0.29, 0.717) is 19.3 Å². The Kier molecular flexibility index (Phi) is 26.1. The average Bonchev–Trinajstić information content (AvgIpc) is 1.61. The molecule has 0 saturated carbocycles. The molecule has 13 heterocycles. The molecule has 2 amide bonds. The van der Waals surface area contributed by atoms with E-state index < -0.39 is 0 Å². The van der Waals surface area contributed by atoms with Gasteiger partial charge in [-0.15, -0.1) is 0 Å². The van der Waals surface area contributed by atoms with Crippen LogP contribution in [-0.2, 0) is 16.6 Å². The standard InChI is InChI=1S/C16H15N3O.C16H15N3.C16H13N3.C15H11N3.C10H13NO.C8H8N2.2CH4.I3.H2O/c1-11(20)19(2)15-6-4-3-5-13(15)12-7-9-17-16-14(12)8-10-18-16;2*1-10-13-9-18-16-15(13)12(7-8-17-16)11-5-3-4-6-14(11)19(10)2;1-9-12-8-17-15-14(12)11(6-7-16-15)10-4-2-3-5-13(10)18-9;1-8-6-4-5-7-10(8)11(3)9(2)12;1-6-2-4-9-8-7(6)3-5-10-8;;;1-3-2;/h3-10H,1-2H3,(H,17,18);3-10H,1-2H3,(H,17,18);3-9H,1-2H3;2-8H,1H3,(H,16,17);4-7H,1-3H3;2-5H,1H3,(H,9,10);2*1H4;;1H2/q;;;;;;;;-1;. The summed E-state index contributed by atoms with van der Waals surface area (Å²) in [5.41, 5.74) is 20.7. The summed E-state index contributed by atoms with van der Waals surface area (Å²) in [6, 6.07) is 55.8. The molecule has 18 nitrogen and oxygen atoms in total. The van der Waals surface area contributed by atoms with Gasteiger partial charge in [-0.2, -0.15) is 4.57 Å². The Balaban J connectivity index is 0.000000145. The van der Waals surface area contributed by atoms with Crippen molar-refractivity contribution in [3.63, 3.8) is 0 Å². The molecule has 0 aliphatic carbocycles. The quantitative estimate of drug-likeness (QED) is 0.0829. The van der Waals surface area contributed by atoms with E-state index in [0.717, 1.165) is 78.3 Å². The summed E-state index contributed by atoms with van der Waals surface area (Å²) in [7, 11) is 7.84. The third-order valence-corrected chi connectivity index (χ3v) is 18.8. The molecule has 0 fully saturated rings. The maximum atomic E-state index is 11.6. The Morgan fingerprint density at radius 3 is 1.62 bits per heavy atom. The smallest absolute Gasteiger partial charge is 0.870 e. The van der Waals surface area contributed by atoms with Gasteiger partial charge >= 0.3 is 50.5 Å². The largest absolute Gasteiger partial charge is 0.870 e. The summed E-state index contributed by atoms with van der Waals surface area (Å²) in [5.74, 6) is 0.0705. The number of para-hydroxylation sites is 5. The van der Waals surface area contributed by atoms with Crippen molar-refractivity contribution < 1.29 is 32.9 Å². The topological polar surface area (TPSA) is 234 Å². The summed E-state index contributed by atoms with van der Waals surface area (Å²) in [5, 5.41) is 13.1. The number of halogens is 3. The first-order valence-electron chi connectivity index (χ1n) is 32.8. The molecule has 1 atom stereocenters. The van der Waals surface area contributed by atoms with Crippen LogP contribution in [0.3, 0.4) is 0 Å². The van der Waals surface area contributed by atoms with E-state index in [1.54, 1.807) is 43.9 Å². The normalized spacial score (nSPS) is 11.7. The first-order chi connectivity index (χ1) is 49.0. The van der Waals surface area contributed by atoms with Crippen LogP contribution in [0.5, 0.6) is 0 Å². The number of carbonyl (C=O) groups excluding carboxylic acids is 2. The van der Waals surface area contributed by atoms with E-state index >= 15 is 0 Å². The maximum absolute atomic E-state index is 11.6. The van der Waals surface area contributed by atoms with E-state index in [1.807, 2.05) is 148 Å². The van der Waals surface area contributed by atoms with Crippen LogP contribution in [0.15, 0.2) is 226 Å². The third kappa shape index (κ3) is 15.9. The van der Waals surface area contributed by atoms with Crippen LogP contribution >= 0.6 is 37.2 Å². The number of pyridine rings is 5. The van der Waals surface area contributed by atoms with Crippen molar-refractivity contribution in [2.24, 2.45) is 7.05 Å². The number of aromatic nitrogens is 12. The molecule has 17 aromatic rings. The van der Waals surface area contributed by atoms with Gasteiger partial charge < -0.3 is 45.1 Å². The van der Waals surface area contributed by atoms with Crippen molar-refractivity contribution in [3.8, 4) is 22.3 Å². The van der Waals surface area contributed by atoms with E-state index in [4.69, 9.17) is 4.98 Å². The van der Waals surface area contributed by atoms with E-state index in [9.17, 15) is 9.59 Å². The molecular weight excluding hydrogens is 1640 g/mol. The number of nitrogens with zero attached hydrogens (tertiary/aromatic N) is 10. The number of aromatic amines is 5. The zero-order valence-electron chi connectivity index (χ0n) is 58.3. The second kappa shape index (κ2) is 34.8. The van der Waals surface area contributed by atoms with E-state index in [-0.39, 0.29) is 32.1 Å². The Labute approximate surface area is 635 Å². The molecule has 5 aromatic carbocycles. The van der Waals surface area contributed by atoms with E-state index in [2.05, 4.69) is 216 Å². The van der Waals surface area contributed by atoms with Gasteiger partial charge in [-0.25, -0.2) is 24.9 Å². The molecule has 0 saturated heterocycles. The molecular formula is C83H85I3N15O3-. The van der Waals surface area contributed by atoms with Crippen molar-refractivity contribution in [2.45, 2.75) is 69.4 Å². The minimum atomic E-state index is 0. The van der Waals surface area contributed by atoms with Gasteiger partial charge in [0.1, 0.15) is 35.3 Å². The van der Waals surface area contributed by atoms with Crippen LogP contribution in [0.4, 0.5) is 17.1 Å². The molecule has 12 aromatic heterocycles. The monoisotopic (exact) mass is 1720 g/mol. The van der Waals surface area contributed by atoms with Crippen molar-refractivity contribution >= 4 is 165 Å². The molecule has 1 aliphatic heterocycles. The fraction of sp³-hybridized carbons (Fsp3) is 0.169. The molecule has 104 heavy (non-hydrogen) atoms. The number of anilines is 3. The second-order valence-corrected chi connectivity index (χ2v) is 40.8.